The van der Waals surface area contributed by atoms with Crippen molar-refractivity contribution in [2.75, 3.05) is 7.05 Å². The van der Waals surface area contributed by atoms with E-state index >= 15 is 0 Å². The molecule has 0 spiro atoms. The second kappa shape index (κ2) is 5.62. The third kappa shape index (κ3) is 2.26. The first-order valence-electron chi connectivity index (χ1n) is 7.32. The van der Waals surface area contributed by atoms with Crippen LogP contribution in [0.1, 0.15) is 34.1 Å². The number of thiophene rings is 1. The Kier molecular flexibility index (Phi) is 3.77. The number of likely N-dealkylation sites (N-methyl/N-ethyl adjacent to an activating group) is 1. The molecule has 118 valence electrons. The third-order valence-corrected chi connectivity index (χ3v) is 5.02. The topological polar surface area (TPSA) is 75.8 Å². The van der Waals surface area contributed by atoms with Crippen LogP contribution < -0.4 is 5.73 Å². The summed E-state index contributed by atoms with van der Waals surface area (Å²) in [7, 11) is 1.61. The number of carbonyl (C=O) groups is 2. The third-order valence-electron chi connectivity index (χ3n) is 4.04. The van der Waals surface area contributed by atoms with Crippen LogP contribution in [0.3, 0.4) is 0 Å². The number of carbonyl (C=O) groups excluding carboxylic acids is 2. The largest absolute Gasteiger partial charge is 0.369 e. The molecule has 3 rings (SSSR count). The molecular formula is C17H17N3O2S. The number of guanidine groups is 1. The second-order valence-electron chi connectivity index (χ2n) is 5.39. The van der Waals surface area contributed by atoms with E-state index in [1.165, 1.54) is 16.2 Å². The average molecular weight is 327 g/mol. The minimum atomic E-state index is -1.21. The first-order chi connectivity index (χ1) is 11.0. The molecule has 0 unspecified atom stereocenters. The van der Waals surface area contributed by atoms with E-state index in [0.717, 1.165) is 5.56 Å². The summed E-state index contributed by atoms with van der Waals surface area (Å²) < 4.78 is 0. The quantitative estimate of drug-likeness (QED) is 0.876. The van der Waals surface area contributed by atoms with Crippen LogP contribution in [0.5, 0.6) is 0 Å². The van der Waals surface area contributed by atoms with Crippen LogP contribution in [-0.4, -0.2) is 29.6 Å². The fraction of sp³-hybridized carbons (Fsp3) is 0.235. The molecule has 0 aliphatic carbocycles. The maximum absolute atomic E-state index is 12.9. The number of hydrogen-bond donors (Lipinski definition) is 1. The molecule has 1 aromatic carbocycles. The van der Waals surface area contributed by atoms with Crippen molar-refractivity contribution in [3.8, 4) is 0 Å². The molecule has 5 nitrogen and oxygen atoms in total. The Morgan fingerprint density at radius 1 is 1.30 bits per heavy atom. The summed E-state index contributed by atoms with van der Waals surface area (Å²) in [5.74, 6) is 0.0168. The summed E-state index contributed by atoms with van der Waals surface area (Å²) >= 11 is 1.34. The van der Waals surface area contributed by atoms with Crippen molar-refractivity contribution in [1.82, 2.24) is 4.90 Å². The predicted molar refractivity (Wildman–Crippen MR) is 90.6 cm³/mol. The van der Waals surface area contributed by atoms with Gasteiger partial charge in [-0.15, -0.1) is 11.3 Å². The highest BCUT2D eigenvalue weighted by Crippen LogP contribution is 2.41. The van der Waals surface area contributed by atoms with Crippen LogP contribution in [0.2, 0.25) is 0 Å². The number of nitrogens with two attached hydrogens (primary N) is 1. The van der Waals surface area contributed by atoms with E-state index in [4.69, 9.17) is 5.73 Å². The SMILES string of the molecule is CCC(=O)c1cc([C@@]2(c3ccccc3)N=C(N)N(C)C2=O)cs1. The summed E-state index contributed by atoms with van der Waals surface area (Å²) in [5, 5.41) is 1.82. The molecule has 23 heavy (non-hydrogen) atoms. The highest BCUT2D eigenvalue weighted by atomic mass is 32.1. The Balaban J connectivity index is 2.21. The monoisotopic (exact) mass is 327 g/mol. The Bertz CT molecular complexity index is 797. The first-order valence-corrected chi connectivity index (χ1v) is 8.20. The molecule has 1 atom stereocenters. The highest BCUT2D eigenvalue weighted by molar-refractivity contribution is 7.12. The van der Waals surface area contributed by atoms with Crippen LogP contribution in [0.15, 0.2) is 46.8 Å². The molecule has 0 saturated carbocycles. The van der Waals surface area contributed by atoms with Crippen molar-refractivity contribution < 1.29 is 9.59 Å². The van der Waals surface area contributed by atoms with Crippen molar-refractivity contribution in [3.05, 3.63) is 57.8 Å². The number of nitrogens with zero attached hydrogens (tertiary/aromatic N) is 2. The lowest BCUT2D eigenvalue weighted by Gasteiger charge is -2.24. The van der Waals surface area contributed by atoms with E-state index in [0.29, 0.717) is 16.9 Å². The molecule has 2 aromatic rings. The van der Waals surface area contributed by atoms with Crippen molar-refractivity contribution in [2.24, 2.45) is 10.7 Å². The van der Waals surface area contributed by atoms with E-state index in [1.807, 2.05) is 42.6 Å². The van der Waals surface area contributed by atoms with Crippen LogP contribution in [0.4, 0.5) is 0 Å². The van der Waals surface area contributed by atoms with E-state index in [1.54, 1.807) is 13.1 Å². The fourth-order valence-corrected chi connectivity index (χ4v) is 3.67. The standard InChI is InChI=1S/C17H17N3O2S/c1-3-13(21)14-9-12(10-23-14)17(11-7-5-4-6-8-11)15(22)20(2)16(18)19-17/h4-10H,3H2,1-2H3,(H2,18,19)/t17-/m1/s1. The van der Waals surface area contributed by atoms with Gasteiger partial charge in [-0.25, -0.2) is 4.99 Å². The van der Waals surface area contributed by atoms with Gasteiger partial charge in [-0.1, -0.05) is 37.3 Å². The summed E-state index contributed by atoms with van der Waals surface area (Å²) in [6.07, 6.45) is 0.428. The summed E-state index contributed by atoms with van der Waals surface area (Å²) in [6.45, 7) is 1.82. The predicted octanol–water partition coefficient (Wildman–Crippen LogP) is 2.37. The minimum Gasteiger partial charge on any atom is -0.369 e. The van der Waals surface area contributed by atoms with E-state index in [2.05, 4.69) is 4.99 Å². The smallest absolute Gasteiger partial charge is 0.266 e. The number of rotatable bonds is 4. The maximum Gasteiger partial charge on any atom is 0.266 e. The average Bonchev–Trinajstić information content (AvgIpc) is 3.15. The molecule has 1 aliphatic rings. The van der Waals surface area contributed by atoms with Gasteiger partial charge in [-0.2, -0.15) is 0 Å². The van der Waals surface area contributed by atoms with Gasteiger partial charge in [0.2, 0.25) is 0 Å². The second-order valence-corrected chi connectivity index (χ2v) is 6.30. The number of hydrogen-bond acceptors (Lipinski definition) is 5. The fourth-order valence-electron chi connectivity index (χ4n) is 2.71. The molecular weight excluding hydrogens is 310 g/mol. The lowest BCUT2D eigenvalue weighted by atomic mass is 9.84. The molecule has 2 N–H and O–H groups in total. The van der Waals surface area contributed by atoms with Gasteiger partial charge in [0.1, 0.15) is 0 Å². The number of amides is 1. The van der Waals surface area contributed by atoms with Gasteiger partial charge in [0.05, 0.1) is 4.88 Å². The molecule has 2 heterocycles. The number of benzene rings is 1. The Morgan fingerprint density at radius 2 is 2.00 bits per heavy atom. The molecule has 1 aromatic heterocycles. The van der Waals surface area contributed by atoms with Crippen molar-refractivity contribution >= 4 is 29.0 Å². The molecule has 1 amide bonds. The summed E-state index contributed by atoms with van der Waals surface area (Å²) in [5.41, 5.74) is 6.12. The van der Waals surface area contributed by atoms with Gasteiger partial charge in [-0.3, -0.25) is 14.5 Å². The summed E-state index contributed by atoms with van der Waals surface area (Å²) in [4.78, 5) is 31.4. The Hall–Kier alpha value is -2.47. The first kappa shape index (κ1) is 15.4. The Labute approximate surface area is 138 Å². The Morgan fingerprint density at radius 3 is 2.57 bits per heavy atom. The number of ketones is 1. The van der Waals surface area contributed by atoms with E-state index in [-0.39, 0.29) is 17.6 Å². The van der Waals surface area contributed by atoms with Crippen molar-refractivity contribution in [2.45, 2.75) is 18.9 Å². The molecule has 0 saturated heterocycles. The van der Waals surface area contributed by atoms with Gasteiger partial charge < -0.3 is 5.73 Å². The van der Waals surface area contributed by atoms with Crippen LogP contribution in [0.25, 0.3) is 0 Å². The van der Waals surface area contributed by atoms with Crippen molar-refractivity contribution in [3.63, 3.8) is 0 Å². The van der Waals surface area contributed by atoms with Gasteiger partial charge >= 0.3 is 0 Å². The van der Waals surface area contributed by atoms with Gasteiger partial charge in [0, 0.05) is 19.0 Å². The zero-order valence-electron chi connectivity index (χ0n) is 12.9. The lowest BCUT2D eigenvalue weighted by molar-refractivity contribution is -0.129. The van der Waals surface area contributed by atoms with Crippen LogP contribution >= 0.6 is 11.3 Å². The lowest BCUT2D eigenvalue weighted by Crippen LogP contribution is -2.40. The van der Waals surface area contributed by atoms with Gasteiger partial charge in [0.25, 0.3) is 5.91 Å². The molecule has 6 heteroatoms. The normalized spacial score (nSPS) is 20.7. The van der Waals surface area contributed by atoms with E-state index < -0.39 is 5.54 Å². The molecule has 1 aliphatic heterocycles. The minimum absolute atomic E-state index is 0.0558. The van der Waals surface area contributed by atoms with Crippen LogP contribution in [-0.2, 0) is 10.3 Å². The highest BCUT2D eigenvalue weighted by Gasteiger charge is 2.49. The number of Topliss-reactive ketones (excluding diaryl/α,β-unsaturated/α-hetero) is 1. The van der Waals surface area contributed by atoms with E-state index in [9.17, 15) is 9.59 Å². The van der Waals surface area contributed by atoms with Gasteiger partial charge in [0.15, 0.2) is 17.3 Å². The zero-order chi connectivity index (χ0) is 16.6. The summed E-state index contributed by atoms with van der Waals surface area (Å²) in [6, 6.07) is 11.1. The zero-order valence-corrected chi connectivity index (χ0v) is 13.8. The van der Waals surface area contributed by atoms with Crippen LogP contribution in [0, 0.1) is 0 Å². The molecule has 0 bridgehead atoms. The maximum atomic E-state index is 12.9. The van der Waals surface area contributed by atoms with Gasteiger partial charge in [-0.05, 0) is 17.0 Å². The molecule has 0 radical (unpaired) electrons. The van der Waals surface area contributed by atoms with Crippen molar-refractivity contribution in [1.29, 1.82) is 0 Å². The number of aliphatic imine (C=N–C) groups is 1. The molecule has 0 fully saturated rings.